The summed E-state index contributed by atoms with van der Waals surface area (Å²) in [5, 5.41) is 3.41. The highest BCUT2D eigenvalue weighted by Gasteiger charge is 2.21. The van der Waals surface area contributed by atoms with E-state index in [1.807, 2.05) is 36.1 Å². The highest BCUT2D eigenvalue weighted by molar-refractivity contribution is 5.95. The first-order valence-corrected chi connectivity index (χ1v) is 6.81. The molecule has 2 rings (SSSR count). The second-order valence-corrected chi connectivity index (χ2v) is 5.07. The van der Waals surface area contributed by atoms with Crippen LogP contribution in [0.5, 0.6) is 0 Å². The molecular weight excluding hydrogens is 240 g/mol. The maximum absolute atomic E-state index is 11.7. The van der Waals surface area contributed by atoms with Crippen LogP contribution in [0.4, 0.5) is 11.4 Å². The summed E-state index contributed by atoms with van der Waals surface area (Å²) in [6.45, 7) is 4.94. The summed E-state index contributed by atoms with van der Waals surface area (Å²) < 4.78 is 5.30. The van der Waals surface area contributed by atoms with Crippen molar-refractivity contribution in [3.8, 4) is 0 Å². The number of methoxy groups -OCH3 is 1. The van der Waals surface area contributed by atoms with E-state index in [0.29, 0.717) is 6.42 Å². The van der Waals surface area contributed by atoms with Crippen LogP contribution in [-0.2, 0) is 9.53 Å². The van der Waals surface area contributed by atoms with Gasteiger partial charge in [-0.25, -0.2) is 0 Å². The Labute approximate surface area is 114 Å². The molecule has 104 valence electrons. The lowest BCUT2D eigenvalue weighted by atomic mass is 10.2. The number of rotatable bonds is 5. The van der Waals surface area contributed by atoms with Crippen LogP contribution in [0.3, 0.4) is 0 Å². The molecule has 0 saturated carbocycles. The van der Waals surface area contributed by atoms with Gasteiger partial charge >= 0.3 is 0 Å². The predicted octanol–water partition coefficient (Wildman–Crippen LogP) is 2.65. The molecule has 1 saturated heterocycles. The van der Waals surface area contributed by atoms with E-state index in [2.05, 4.69) is 12.2 Å². The summed E-state index contributed by atoms with van der Waals surface area (Å²) in [6, 6.07) is 8.23. The van der Waals surface area contributed by atoms with Gasteiger partial charge in [0.25, 0.3) is 0 Å². The summed E-state index contributed by atoms with van der Waals surface area (Å²) in [5.41, 5.74) is 2.00. The standard InChI is InChI=1S/C15H22N2O2/c1-11(12(2)19-3)16-13-6-4-7-14(10-13)17-9-5-8-15(17)18/h4,6-7,10-12,16H,5,8-9H2,1-3H3. The lowest BCUT2D eigenvalue weighted by Crippen LogP contribution is -2.30. The molecule has 4 nitrogen and oxygen atoms in total. The van der Waals surface area contributed by atoms with Crippen LogP contribution in [0.15, 0.2) is 24.3 Å². The van der Waals surface area contributed by atoms with Crippen molar-refractivity contribution < 1.29 is 9.53 Å². The maximum atomic E-state index is 11.7. The van der Waals surface area contributed by atoms with Gasteiger partial charge in [-0.05, 0) is 38.5 Å². The Morgan fingerprint density at radius 2 is 2.16 bits per heavy atom. The van der Waals surface area contributed by atoms with Gasteiger partial charge in [-0.15, -0.1) is 0 Å². The third kappa shape index (κ3) is 3.26. The predicted molar refractivity (Wildman–Crippen MR) is 77.6 cm³/mol. The van der Waals surface area contributed by atoms with Crippen molar-refractivity contribution in [1.29, 1.82) is 0 Å². The third-order valence-corrected chi connectivity index (χ3v) is 3.70. The molecule has 1 aliphatic rings. The van der Waals surface area contributed by atoms with Crippen LogP contribution < -0.4 is 10.2 Å². The number of benzene rings is 1. The second-order valence-electron chi connectivity index (χ2n) is 5.07. The van der Waals surface area contributed by atoms with Crippen LogP contribution in [0.2, 0.25) is 0 Å². The van der Waals surface area contributed by atoms with Crippen molar-refractivity contribution >= 4 is 17.3 Å². The number of ether oxygens (including phenoxy) is 1. The first kappa shape index (κ1) is 13.9. The fraction of sp³-hybridized carbons (Fsp3) is 0.533. The molecule has 2 unspecified atom stereocenters. The van der Waals surface area contributed by atoms with Crippen LogP contribution in [-0.4, -0.2) is 31.7 Å². The molecule has 1 N–H and O–H groups in total. The normalized spacial score (nSPS) is 18.5. The highest BCUT2D eigenvalue weighted by Crippen LogP contribution is 2.24. The van der Waals surface area contributed by atoms with Gasteiger partial charge in [-0.3, -0.25) is 4.79 Å². The molecule has 0 bridgehead atoms. The van der Waals surface area contributed by atoms with E-state index in [1.54, 1.807) is 7.11 Å². The molecule has 1 aliphatic heterocycles. The molecule has 0 spiro atoms. The Balaban J connectivity index is 2.09. The Morgan fingerprint density at radius 3 is 2.79 bits per heavy atom. The van der Waals surface area contributed by atoms with Crippen LogP contribution in [0.25, 0.3) is 0 Å². The Hall–Kier alpha value is -1.55. The van der Waals surface area contributed by atoms with Gasteiger partial charge < -0.3 is 15.0 Å². The second kappa shape index (κ2) is 6.06. The van der Waals surface area contributed by atoms with Gasteiger partial charge in [-0.2, -0.15) is 0 Å². The van der Waals surface area contributed by atoms with Crippen molar-refractivity contribution in [2.24, 2.45) is 0 Å². The van der Waals surface area contributed by atoms with Gasteiger partial charge in [-0.1, -0.05) is 6.07 Å². The minimum Gasteiger partial charge on any atom is -0.380 e. The molecule has 1 heterocycles. The van der Waals surface area contributed by atoms with Gasteiger partial charge in [0, 0.05) is 37.5 Å². The van der Waals surface area contributed by atoms with E-state index in [1.165, 1.54) is 0 Å². The molecular formula is C15H22N2O2. The fourth-order valence-corrected chi connectivity index (χ4v) is 2.27. The van der Waals surface area contributed by atoms with Crippen molar-refractivity contribution in [3.05, 3.63) is 24.3 Å². The summed E-state index contributed by atoms with van der Waals surface area (Å²) >= 11 is 0. The fourth-order valence-electron chi connectivity index (χ4n) is 2.27. The summed E-state index contributed by atoms with van der Waals surface area (Å²) in [4.78, 5) is 13.6. The number of anilines is 2. The summed E-state index contributed by atoms with van der Waals surface area (Å²) in [5.74, 6) is 0.218. The van der Waals surface area contributed by atoms with Crippen molar-refractivity contribution in [3.63, 3.8) is 0 Å². The SMILES string of the molecule is COC(C)C(C)Nc1cccc(N2CCCC2=O)c1. The molecule has 1 aromatic carbocycles. The maximum Gasteiger partial charge on any atom is 0.227 e. The zero-order valence-electron chi connectivity index (χ0n) is 11.8. The Kier molecular flexibility index (Phi) is 4.43. The number of amides is 1. The van der Waals surface area contributed by atoms with Crippen LogP contribution >= 0.6 is 0 Å². The molecule has 2 atom stereocenters. The van der Waals surface area contributed by atoms with Gasteiger partial charge in [0.05, 0.1) is 6.10 Å². The molecule has 0 aliphatic carbocycles. The Morgan fingerprint density at radius 1 is 1.37 bits per heavy atom. The van der Waals surface area contributed by atoms with E-state index in [9.17, 15) is 4.79 Å². The molecule has 1 amide bonds. The highest BCUT2D eigenvalue weighted by atomic mass is 16.5. The Bertz CT molecular complexity index is 448. The van der Waals surface area contributed by atoms with E-state index in [-0.39, 0.29) is 18.1 Å². The minimum absolute atomic E-state index is 0.136. The number of hydrogen-bond acceptors (Lipinski definition) is 3. The minimum atomic E-state index is 0.136. The van der Waals surface area contributed by atoms with Gasteiger partial charge in [0.1, 0.15) is 0 Å². The number of carbonyl (C=O) groups is 1. The molecule has 1 aromatic rings. The van der Waals surface area contributed by atoms with Crippen LogP contribution in [0, 0.1) is 0 Å². The molecule has 0 radical (unpaired) electrons. The quantitative estimate of drug-likeness (QED) is 0.887. The van der Waals surface area contributed by atoms with Crippen molar-refractivity contribution in [2.45, 2.75) is 38.8 Å². The number of hydrogen-bond donors (Lipinski definition) is 1. The average molecular weight is 262 g/mol. The monoisotopic (exact) mass is 262 g/mol. The van der Waals surface area contributed by atoms with Gasteiger partial charge in [0.15, 0.2) is 0 Å². The smallest absolute Gasteiger partial charge is 0.227 e. The first-order valence-electron chi connectivity index (χ1n) is 6.81. The third-order valence-electron chi connectivity index (χ3n) is 3.70. The largest absolute Gasteiger partial charge is 0.380 e. The lowest BCUT2D eigenvalue weighted by molar-refractivity contribution is -0.117. The zero-order chi connectivity index (χ0) is 13.8. The summed E-state index contributed by atoms with van der Waals surface area (Å²) in [6.07, 6.45) is 1.75. The van der Waals surface area contributed by atoms with Gasteiger partial charge in [0.2, 0.25) is 5.91 Å². The molecule has 4 heteroatoms. The number of carbonyl (C=O) groups excluding carboxylic acids is 1. The topological polar surface area (TPSA) is 41.6 Å². The average Bonchev–Trinajstić information content (AvgIpc) is 2.84. The van der Waals surface area contributed by atoms with Crippen molar-refractivity contribution in [2.75, 3.05) is 23.9 Å². The number of nitrogens with zero attached hydrogens (tertiary/aromatic N) is 1. The molecule has 0 aromatic heterocycles. The zero-order valence-corrected chi connectivity index (χ0v) is 11.8. The number of nitrogens with one attached hydrogen (secondary N) is 1. The lowest BCUT2D eigenvalue weighted by Gasteiger charge is -2.22. The summed E-state index contributed by atoms with van der Waals surface area (Å²) in [7, 11) is 1.71. The van der Waals surface area contributed by atoms with Crippen molar-refractivity contribution in [1.82, 2.24) is 0 Å². The van der Waals surface area contributed by atoms with Crippen LogP contribution in [0.1, 0.15) is 26.7 Å². The van der Waals surface area contributed by atoms with E-state index >= 15 is 0 Å². The first-order chi connectivity index (χ1) is 9.11. The molecule has 1 fully saturated rings. The van der Waals surface area contributed by atoms with E-state index in [4.69, 9.17) is 4.74 Å². The van der Waals surface area contributed by atoms with E-state index in [0.717, 1.165) is 24.3 Å². The molecule has 19 heavy (non-hydrogen) atoms. The van der Waals surface area contributed by atoms with E-state index < -0.39 is 0 Å².